The van der Waals surface area contributed by atoms with Crippen molar-refractivity contribution in [2.45, 2.75) is 54.9 Å². The summed E-state index contributed by atoms with van der Waals surface area (Å²) in [5.41, 5.74) is -11.3. The van der Waals surface area contributed by atoms with E-state index in [2.05, 4.69) is 8.37 Å². The van der Waals surface area contributed by atoms with Crippen molar-refractivity contribution >= 4 is 20.2 Å². The van der Waals surface area contributed by atoms with Crippen LogP contribution in [0.15, 0.2) is 60.7 Å². The summed E-state index contributed by atoms with van der Waals surface area (Å²) in [6.07, 6.45) is -12.2. The van der Waals surface area contributed by atoms with E-state index < -0.39 is 75.2 Å². The van der Waals surface area contributed by atoms with Crippen LogP contribution in [0.2, 0.25) is 0 Å². The smallest absolute Gasteiger partial charge is 0.374 e. The molecule has 1 saturated heterocycles. The molecule has 5 atom stereocenters. The van der Waals surface area contributed by atoms with E-state index in [1.165, 1.54) is 24.3 Å². The van der Waals surface area contributed by atoms with Gasteiger partial charge in [-0.05, 0) is 11.1 Å². The number of aliphatic hydroxyl groups is 1. The summed E-state index contributed by atoms with van der Waals surface area (Å²) in [7, 11) is -13.2. The fraction of sp³-hybridized carbons (Fsp3) is 0.455. The van der Waals surface area contributed by atoms with Crippen molar-refractivity contribution in [2.75, 3.05) is 6.61 Å². The van der Waals surface area contributed by atoms with E-state index in [-0.39, 0.29) is 6.61 Å². The average Bonchev–Trinajstić information content (AvgIpc) is 2.85. The van der Waals surface area contributed by atoms with Gasteiger partial charge in [-0.25, -0.2) is 0 Å². The number of halogens is 6. The third-order valence-corrected chi connectivity index (χ3v) is 7.42. The van der Waals surface area contributed by atoms with E-state index in [1.807, 2.05) is 0 Å². The van der Waals surface area contributed by atoms with Crippen molar-refractivity contribution in [1.29, 1.82) is 0 Å². The SMILES string of the molecule is O=S(=O)(O[C@@H]1[C@@H](OCc2ccccc2)[C@H](O)O[C@H](COCc2ccccc2)[C@@H]1OS(=O)(=O)C(F)(F)F)C(F)(F)F. The first-order valence-corrected chi connectivity index (χ1v) is 13.9. The second-order valence-electron chi connectivity index (χ2n) is 8.25. The third-order valence-electron chi connectivity index (χ3n) is 5.33. The van der Waals surface area contributed by atoms with Crippen molar-refractivity contribution in [3.63, 3.8) is 0 Å². The van der Waals surface area contributed by atoms with Gasteiger partial charge in [-0.1, -0.05) is 60.7 Å². The number of hydrogen-bond acceptors (Lipinski definition) is 10. The van der Waals surface area contributed by atoms with Crippen LogP contribution in [-0.4, -0.2) is 70.3 Å². The predicted octanol–water partition coefficient (Wildman–Crippen LogP) is 2.98. The number of alkyl halides is 6. The monoisotopic (exact) mass is 624 g/mol. The molecule has 10 nitrogen and oxygen atoms in total. The lowest BCUT2D eigenvalue weighted by atomic mass is 9.99. The minimum absolute atomic E-state index is 0.240. The second-order valence-corrected chi connectivity index (χ2v) is 11.4. The summed E-state index contributed by atoms with van der Waals surface area (Å²) in [6.45, 7) is -1.65. The van der Waals surface area contributed by atoms with Crippen LogP contribution in [-0.2, 0) is 56.0 Å². The standard InChI is InChI=1S/C22H22F6O10S2/c23-21(24,25)39(30,31)37-17-16(13-34-11-14-7-3-1-4-8-14)36-20(29)19(35-12-15-9-5-2-6-10-15)18(17)38-40(32,33)22(26,27)28/h1-10,16-20,29H,11-13H2/t16-,17+,18+,19-,20-/m1/s1. The molecule has 40 heavy (non-hydrogen) atoms. The van der Waals surface area contributed by atoms with E-state index in [4.69, 9.17) is 14.2 Å². The van der Waals surface area contributed by atoms with E-state index in [9.17, 15) is 48.3 Å². The molecule has 0 unspecified atom stereocenters. The maximum absolute atomic E-state index is 13.2. The first-order valence-electron chi connectivity index (χ1n) is 11.1. The van der Waals surface area contributed by atoms with Crippen molar-refractivity contribution < 1.29 is 70.9 Å². The lowest BCUT2D eigenvalue weighted by Crippen LogP contribution is -2.62. The van der Waals surface area contributed by atoms with Crippen LogP contribution in [0.4, 0.5) is 26.3 Å². The van der Waals surface area contributed by atoms with Gasteiger partial charge in [0.15, 0.2) is 6.29 Å². The zero-order chi connectivity index (χ0) is 29.8. The molecule has 2 aromatic rings. The number of hydrogen-bond donors (Lipinski definition) is 1. The fourth-order valence-electron chi connectivity index (χ4n) is 3.47. The van der Waals surface area contributed by atoms with Crippen LogP contribution in [0.3, 0.4) is 0 Å². The van der Waals surface area contributed by atoms with Gasteiger partial charge >= 0.3 is 31.3 Å². The molecule has 0 saturated carbocycles. The summed E-state index contributed by atoms with van der Waals surface area (Å²) >= 11 is 0. The van der Waals surface area contributed by atoms with Crippen molar-refractivity contribution in [2.24, 2.45) is 0 Å². The van der Waals surface area contributed by atoms with Gasteiger partial charge in [0, 0.05) is 0 Å². The molecule has 3 rings (SSSR count). The fourth-order valence-corrected chi connectivity index (χ4v) is 4.72. The Morgan fingerprint density at radius 3 is 1.62 bits per heavy atom. The van der Waals surface area contributed by atoms with Crippen molar-refractivity contribution in [3.05, 3.63) is 71.8 Å². The Hall–Kier alpha value is -2.32. The van der Waals surface area contributed by atoms with Crippen LogP contribution in [0.1, 0.15) is 11.1 Å². The Labute approximate surface area is 224 Å². The highest BCUT2D eigenvalue weighted by Crippen LogP contribution is 2.36. The minimum Gasteiger partial charge on any atom is -0.374 e. The molecule has 0 amide bonds. The summed E-state index contributed by atoms with van der Waals surface area (Å²) in [5.74, 6) is 0. The van der Waals surface area contributed by atoms with E-state index >= 15 is 0 Å². The first-order chi connectivity index (χ1) is 18.5. The lowest BCUT2D eigenvalue weighted by molar-refractivity contribution is -0.292. The maximum atomic E-state index is 13.2. The highest BCUT2D eigenvalue weighted by atomic mass is 32.2. The summed E-state index contributed by atoms with van der Waals surface area (Å²) < 4.78 is 151. The van der Waals surface area contributed by atoms with Gasteiger partial charge in [-0.3, -0.25) is 8.37 Å². The van der Waals surface area contributed by atoms with Gasteiger partial charge in [0.1, 0.15) is 24.4 Å². The molecule has 18 heteroatoms. The Bertz CT molecular complexity index is 1310. The maximum Gasteiger partial charge on any atom is 0.523 e. The van der Waals surface area contributed by atoms with Gasteiger partial charge < -0.3 is 19.3 Å². The predicted molar refractivity (Wildman–Crippen MR) is 122 cm³/mol. The van der Waals surface area contributed by atoms with Crippen LogP contribution in [0, 0.1) is 0 Å². The topological polar surface area (TPSA) is 135 Å². The van der Waals surface area contributed by atoms with E-state index in [1.54, 1.807) is 36.4 Å². The average molecular weight is 625 g/mol. The molecule has 0 aliphatic carbocycles. The molecule has 1 aliphatic rings. The number of benzene rings is 2. The molecule has 1 N–H and O–H groups in total. The van der Waals surface area contributed by atoms with Gasteiger partial charge in [-0.15, -0.1) is 0 Å². The number of ether oxygens (including phenoxy) is 3. The second kappa shape index (κ2) is 12.7. The quantitative estimate of drug-likeness (QED) is 0.226. The van der Waals surface area contributed by atoms with Gasteiger partial charge in [0.05, 0.1) is 19.8 Å². The highest BCUT2D eigenvalue weighted by molar-refractivity contribution is 7.88. The molecular weight excluding hydrogens is 602 g/mol. The highest BCUT2D eigenvalue weighted by Gasteiger charge is 2.59. The summed E-state index contributed by atoms with van der Waals surface area (Å²) in [4.78, 5) is 0. The van der Waals surface area contributed by atoms with Gasteiger partial charge in [-0.2, -0.15) is 43.2 Å². The normalized spacial score (nSPS) is 24.6. The zero-order valence-corrected chi connectivity index (χ0v) is 21.6. The molecule has 224 valence electrons. The summed E-state index contributed by atoms with van der Waals surface area (Å²) in [5, 5.41) is 10.5. The van der Waals surface area contributed by atoms with Crippen LogP contribution >= 0.6 is 0 Å². The zero-order valence-electron chi connectivity index (χ0n) is 20.0. The molecule has 2 aromatic carbocycles. The Morgan fingerprint density at radius 2 is 1.15 bits per heavy atom. The molecule has 1 heterocycles. The third kappa shape index (κ3) is 8.12. The van der Waals surface area contributed by atoms with Crippen molar-refractivity contribution in [1.82, 2.24) is 0 Å². The lowest BCUT2D eigenvalue weighted by Gasteiger charge is -2.43. The van der Waals surface area contributed by atoms with E-state index in [0.717, 1.165) is 0 Å². The Balaban J connectivity index is 1.98. The minimum atomic E-state index is -6.59. The van der Waals surface area contributed by atoms with Gasteiger partial charge in [0.25, 0.3) is 0 Å². The van der Waals surface area contributed by atoms with Gasteiger partial charge in [0.2, 0.25) is 0 Å². The van der Waals surface area contributed by atoms with Crippen LogP contribution in [0.5, 0.6) is 0 Å². The molecule has 0 radical (unpaired) electrons. The molecule has 0 bridgehead atoms. The molecule has 1 aliphatic heterocycles. The number of aliphatic hydroxyl groups excluding tert-OH is 1. The largest absolute Gasteiger partial charge is 0.523 e. The van der Waals surface area contributed by atoms with Crippen LogP contribution < -0.4 is 0 Å². The van der Waals surface area contributed by atoms with Crippen LogP contribution in [0.25, 0.3) is 0 Å². The molecule has 0 aromatic heterocycles. The van der Waals surface area contributed by atoms with E-state index in [0.29, 0.717) is 11.1 Å². The van der Waals surface area contributed by atoms with Crippen molar-refractivity contribution in [3.8, 4) is 0 Å². The Kier molecular flexibility index (Phi) is 10.2. The molecular formula is C22H22F6O10S2. The summed E-state index contributed by atoms with van der Waals surface area (Å²) in [6, 6.07) is 15.6. The first kappa shape index (κ1) is 32.2. The Morgan fingerprint density at radius 1 is 0.700 bits per heavy atom. The molecule has 0 spiro atoms. The molecule has 1 fully saturated rings. The number of rotatable bonds is 11.